The number of hydrogen-bond acceptors (Lipinski definition) is 2. The summed E-state index contributed by atoms with van der Waals surface area (Å²) in [5, 5.41) is 9.72. The Kier molecular flexibility index (Phi) is 3.83. The number of aromatic hydroxyl groups is 1. The summed E-state index contributed by atoms with van der Waals surface area (Å²) in [5.74, 6) is 0.999. The number of anilines is 2. The molecular formula is C17H18ClNO. The topological polar surface area (TPSA) is 23.5 Å². The van der Waals surface area contributed by atoms with Crippen LogP contribution in [0.2, 0.25) is 0 Å². The van der Waals surface area contributed by atoms with Crippen LogP contribution in [0.5, 0.6) is 5.75 Å². The lowest BCUT2D eigenvalue weighted by molar-refractivity contribution is 0.474. The molecule has 3 heteroatoms. The van der Waals surface area contributed by atoms with Crippen LogP contribution in [0.3, 0.4) is 0 Å². The minimum absolute atomic E-state index is 0.340. The number of phenolic OH excluding ortho intramolecular Hbond substituents is 1. The van der Waals surface area contributed by atoms with Gasteiger partial charge in [0.1, 0.15) is 5.75 Å². The quantitative estimate of drug-likeness (QED) is 0.853. The van der Waals surface area contributed by atoms with Crippen molar-refractivity contribution in [3.05, 3.63) is 53.6 Å². The number of alkyl halides is 1. The third-order valence-corrected chi connectivity index (χ3v) is 4.08. The van der Waals surface area contributed by atoms with Crippen molar-refractivity contribution >= 4 is 23.0 Å². The highest BCUT2D eigenvalue weighted by molar-refractivity contribution is 6.17. The summed E-state index contributed by atoms with van der Waals surface area (Å²) in [6, 6.07) is 14.2. The summed E-state index contributed by atoms with van der Waals surface area (Å²) >= 11 is 5.87. The number of halogens is 1. The fraction of sp³-hybridized carbons (Fsp3) is 0.294. The Balaban J connectivity index is 2.09. The van der Waals surface area contributed by atoms with Gasteiger partial charge in [-0.25, -0.2) is 0 Å². The van der Waals surface area contributed by atoms with Crippen LogP contribution in [0.1, 0.15) is 17.5 Å². The van der Waals surface area contributed by atoms with Crippen molar-refractivity contribution in [1.29, 1.82) is 0 Å². The van der Waals surface area contributed by atoms with Crippen LogP contribution in [-0.4, -0.2) is 17.5 Å². The molecule has 1 N–H and O–H groups in total. The number of benzene rings is 2. The Labute approximate surface area is 124 Å². The predicted octanol–water partition coefficient (Wildman–Crippen LogP) is 4.26. The molecule has 20 heavy (non-hydrogen) atoms. The lowest BCUT2D eigenvalue weighted by Gasteiger charge is -2.26. The van der Waals surface area contributed by atoms with Gasteiger partial charge < -0.3 is 10.0 Å². The van der Waals surface area contributed by atoms with Gasteiger partial charge in [-0.3, -0.25) is 0 Å². The molecule has 1 heterocycles. The van der Waals surface area contributed by atoms with Gasteiger partial charge >= 0.3 is 0 Å². The molecule has 0 spiro atoms. The maximum absolute atomic E-state index is 9.72. The second-order valence-corrected chi connectivity index (χ2v) is 5.51. The third-order valence-electron chi connectivity index (χ3n) is 3.82. The van der Waals surface area contributed by atoms with Crippen molar-refractivity contribution in [3.8, 4) is 5.75 Å². The Hall–Kier alpha value is -1.67. The van der Waals surface area contributed by atoms with Crippen LogP contribution in [0.15, 0.2) is 42.5 Å². The number of rotatable bonds is 3. The van der Waals surface area contributed by atoms with Gasteiger partial charge in [0.15, 0.2) is 0 Å². The first-order valence-corrected chi connectivity index (χ1v) is 7.56. The molecule has 0 atom stereocenters. The van der Waals surface area contributed by atoms with Gasteiger partial charge in [-0.05, 0) is 54.7 Å². The van der Waals surface area contributed by atoms with Crippen molar-refractivity contribution in [2.24, 2.45) is 0 Å². The Morgan fingerprint density at radius 2 is 1.75 bits per heavy atom. The summed E-state index contributed by atoms with van der Waals surface area (Å²) < 4.78 is 0. The zero-order valence-corrected chi connectivity index (χ0v) is 12.1. The van der Waals surface area contributed by atoms with Crippen molar-refractivity contribution in [1.82, 2.24) is 0 Å². The molecule has 0 amide bonds. The number of hydrogen-bond donors (Lipinski definition) is 1. The van der Waals surface area contributed by atoms with Crippen molar-refractivity contribution < 1.29 is 5.11 Å². The first-order valence-electron chi connectivity index (χ1n) is 7.03. The second kappa shape index (κ2) is 5.76. The van der Waals surface area contributed by atoms with Crippen LogP contribution in [0, 0.1) is 0 Å². The molecule has 0 saturated heterocycles. The van der Waals surface area contributed by atoms with E-state index < -0.39 is 0 Å². The normalized spacial score (nSPS) is 13.6. The van der Waals surface area contributed by atoms with Crippen LogP contribution in [0.4, 0.5) is 11.4 Å². The van der Waals surface area contributed by atoms with Crippen molar-refractivity contribution in [3.63, 3.8) is 0 Å². The van der Waals surface area contributed by atoms with Gasteiger partial charge in [-0.15, -0.1) is 11.6 Å². The van der Waals surface area contributed by atoms with Gasteiger partial charge in [0.2, 0.25) is 0 Å². The fourth-order valence-electron chi connectivity index (χ4n) is 2.88. The molecule has 1 aliphatic heterocycles. The maximum Gasteiger partial charge on any atom is 0.116 e. The van der Waals surface area contributed by atoms with Crippen LogP contribution >= 0.6 is 11.6 Å². The van der Waals surface area contributed by atoms with Crippen LogP contribution in [0.25, 0.3) is 0 Å². The molecule has 0 radical (unpaired) electrons. The van der Waals surface area contributed by atoms with Crippen molar-refractivity contribution in [2.75, 3.05) is 17.3 Å². The van der Waals surface area contributed by atoms with E-state index in [0.717, 1.165) is 25.8 Å². The molecule has 0 saturated carbocycles. The van der Waals surface area contributed by atoms with Crippen LogP contribution in [-0.2, 0) is 12.8 Å². The highest BCUT2D eigenvalue weighted by Crippen LogP contribution is 2.37. The van der Waals surface area contributed by atoms with E-state index in [4.69, 9.17) is 11.6 Å². The van der Waals surface area contributed by atoms with Crippen LogP contribution < -0.4 is 4.90 Å². The average molecular weight is 288 g/mol. The number of fused-ring (bicyclic) bond motifs is 2. The van der Waals surface area contributed by atoms with E-state index in [0.29, 0.717) is 11.6 Å². The van der Waals surface area contributed by atoms with Crippen molar-refractivity contribution in [2.45, 2.75) is 19.3 Å². The zero-order valence-electron chi connectivity index (χ0n) is 11.3. The molecule has 104 valence electrons. The highest BCUT2D eigenvalue weighted by atomic mass is 35.5. The molecule has 0 fully saturated rings. The smallest absolute Gasteiger partial charge is 0.116 e. The van der Waals surface area contributed by atoms with E-state index in [2.05, 4.69) is 29.2 Å². The molecule has 1 aliphatic rings. The minimum atomic E-state index is 0.340. The average Bonchev–Trinajstić information content (AvgIpc) is 2.62. The number of aryl methyl sites for hydroxylation is 2. The lowest BCUT2D eigenvalue weighted by atomic mass is 10.0. The number of para-hydroxylation sites is 1. The van der Waals surface area contributed by atoms with E-state index in [1.54, 1.807) is 6.07 Å². The summed E-state index contributed by atoms with van der Waals surface area (Å²) in [6.45, 7) is 0.901. The standard InChI is InChI=1S/C17H18ClNO/c18-10-3-11-19-16-5-2-1-4-13(16)6-7-14-12-15(20)8-9-17(14)19/h1-2,4-5,8-9,12,20H,3,6-7,10-11H2. The monoisotopic (exact) mass is 287 g/mol. The number of nitrogens with zero attached hydrogens (tertiary/aromatic N) is 1. The Morgan fingerprint density at radius 3 is 2.60 bits per heavy atom. The van der Waals surface area contributed by atoms with Gasteiger partial charge in [0, 0.05) is 23.8 Å². The number of phenols is 1. The molecule has 0 aromatic heterocycles. The molecule has 3 rings (SSSR count). The zero-order chi connectivity index (χ0) is 13.9. The fourth-order valence-corrected chi connectivity index (χ4v) is 3.00. The molecular weight excluding hydrogens is 270 g/mol. The molecule has 2 aromatic carbocycles. The summed E-state index contributed by atoms with van der Waals surface area (Å²) in [4.78, 5) is 2.33. The first kappa shape index (κ1) is 13.3. The molecule has 0 aliphatic carbocycles. The highest BCUT2D eigenvalue weighted by Gasteiger charge is 2.20. The molecule has 2 aromatic rings. The van der Waals surface area contributed by atoms with E-state index in [-0.39, 0.29) is 0 Å². The Bertz CT molecular complexity index is 612. The van der Waals surface area contributed by atoms with Gasteiger partial charge in [-0.2, -0.15) is 0 Å². The third kappa shape index (κ3) is 2.48. The minimum Gasteiger partial charge on any atom is -0.508 e. The van der Waals surface area contributed by atoms with Gasteiger partial charge in [0.05, 0.1) is 0 Å². The van der Waals surface area contributed by atoms with E-state index in [1.807, 2.05) is 12.1 Å². The summed E-state index contributed by atoms with van der Waals surface area (Å²) in [5.41, 5.74) is 5.02. The summed E-state index contributed by atoms with van der Waals surface area (Å²) in [7, 11) is 0. The first-order chi connectivity index (χ1) is 9.79. The largest absolute Gasteiger partial charge is 0.508 e. The lowest BCUT2D eigenvalue weighted by Crippen LogP contribution is -2.20. The van der Waals surface area contributed by atoms with E-state index >= 15 is 0 Å². The Morgan fingerprint density at radius 1 is 1.00 bits per heavy atom. The van der Waals surface area contributed by atoms with Gasteiger partial charge in [0.25, 0.3) is 0 Å². The van der Waals surface area contributed by atoms with E-state index in [9.17, 15) is 5.11 Å². The van der Waals surface area contributed by atoms with Gasteiger partial charge in [-0.1, -0.05) is 18.2 Å². The second-order valence-electron chi connectivity index (χ2n) is 5.14. The SMILES string of the molecule is Oc1ccc2c(c1)CCc1ccccc1N2CCCCl. The van der Waals surface area contributed by atoms with E-state index in [1.165, 1.54) is 22.5 Å². The molecule has 0 unspecified atom stereocenters. The molecule has 2 nitrogen and oxygen atoms in total. The maximum atomic E-state index is 9.72. The molecule has 0 bridgehead atoms. The summed E-state index contributed by atoms with van der Waals surface area (Å²) in [6.07, 6.45) is 2.90. The predicted molar refractivity (Wildman–Crippen MR) is 84.3 cm³/mol.